The van der Waals surface area contributed by atoms with E-state index < -0.39 is 108 Å². The molecule has 6 aliphatic heterocycles. The lowest BCUT2D eigenvalue weighted by Gasteiger charge is -2.30. The molecule has 2 fully saturated rings. The molecule has 6 aromatic rings. The van der Waals surface area contributed by atoms with Gasteiger partial charge in [0.1, 0.15) is 72.4 Å². The Morgan fingerprint density at radius 1 is 0.510 bits per heavy atom. The number of aromatic nitrogens is 6. The lowest BCUT2D eigenvalue weighted by atomic mass is 10.0. The Balaban J connectivity index is 0.932. The maximum Gasteiger partial charge on any atom is 0.317 e. The van der Waals surface area contributed by atoms with Gasteiger partial charge in [-0.05, 0) is 100 Å². The molecular weight excluding hydrogens is 1340 g/mol. The number of benzene rings is 4. The standard InChI is InChI=1S/C72H94N18O14/c1-47(73-3)65(95)79-59-39-51-19-23-55(24-20-51)103-45-53-41-87(83-81-53)35-33-86(44-64(93)94)32-28-76-68(98)58(38-50-15-9-6-10-16-50)78-70(100)62-18-12-30-90(62)72(102)60(80-66(96)48(2)74-4)40-52-21-25-56(26-22-52)104-46-54-42-88(84-82-54)36-34-85(43-63(91)92)31-27-75-67(97)57(37-49-13-7-5-8-14-49)77-69(99)61-17-11-29-89(61)71(59)101/h5-10,13-16,19-26,41-42,47-48,57-62,73-74H,11-12,17-18,27-40,43-46H2,1-4H3,(H,75,97)(H,76,98)(H,77,99)(H,78,100)(H,79,95)(H,80,96)(H,91,92)(H,93,94)/t47-,48-,57-,58-,59-,60-,61-,62-/m0/s1. The van der Waals surface area contributed by atoms with E-state index in [1.54, 1.807) is 108 Å². The molecule has 8 atom stereocenters. The molecule has 6 aliphatic rings. The van der Waals surface area contributed by atoms with Crippen LogP contribution >= 0.6 is 0 Å². The van der Waals surface area contributed by atoms with Gasteiger partial charge in [-0.3, -0.25) is 67.1 Å². The second-order valence-electron chi connectivity index (χ2n) is 26.2. The predicted octanol–water partition coefficient (Wildman–Crippen LogP) is -0.546. The van der Waals surface area contributed by atoms with Gasteiger partial charge in [0.25, 0.3) is 0 Å². The summed E-state index contributed by atoms with van der Waals surface area (Å²) in [6, 6.07) is 24.3. The molecule has 0 aliphatic carbocycles. The lowest BCUT2D eigenvalue weighted by molar-refractivity contribution is -0.142. The van der Waals surface area contributed by atoms with Crippen LogP contribution in [0.4, 0.5) is 0 Å². The van der Waals surface area contributed by atoms with Crippen molar-refractivity contribution in [2.75, 3.05) is 79.5 Å². The van der Waals surface area contributed by atoms with Crippen molar-refractivity contribution in [3.05, 3.63) is 155 Å². The van der Waals surface area contributed by atoms with E-state index in [9.17, 15) is 58.2 Å². The first-order chi connectivity index (χ1) is 50.2. The first kappa shape index (κ1) is 77.5. The van der Waals surface area contributed by atoms with Gasteiger partial charge >= 0.3 is 11.9 Å². The predicted molar refractivity (Wildman–Crippen MR) is 378 cm³/mol. The van der Waals surface area contributed by atoms with Gasteiger partial charge in [-0.2, -0.15) is 0 Å². The average Bonchev–Trinajstić information content (AvgIpc) is 1.64. The molecule has 8 amide bonds. The van der Waals surface area contributed by atoms with Crippen molar-refractivity contribution in [1.82, 2.24) is 92.1 Å². The van der Waals surface area contributed by atoms with Crippen molar-refractivity contribution in [2.45, 2.75) is 140 Å². The molecule has 10 N–H and O–H groups in total. The summed E-state index contributed by atoms with van der Waals surface area (Å²) in [6.07, 6.45) is 5.15. The third-order valence-electron chi connectivity index (χ3n) is 18.5. The number of carboxylic acid groups (broad SMARTS) is 2. The Kier molecular flexibility index (Phi) is 28.7. The van der Waals surface area contributed by atoms with Crippen LogP contribution in [-0.2, 0) is 99.9 Å². The van der Waals surface area contributed by atoms with Gasteiger partial charge in [-0.15, -0.1) is 10.2 Å². The maximum absolute atomic E-state index is 14.7. The third kappa shape index (κ3) is 23.2. The Labute approximate surface area is 602 Å². The largest absolute Gasteiger partial charge is 0.487 e. The number of carboxylic acids is 2. The monoisotopic (exact) mass is 1430 g/mol. The van der Waals surface area contributed by atoms with Crippen molar-refractivity contribution in [3.63, 3.8) is 0 Å². The molecule has 104 heavy (non-hydrogen) atoms. The zero-order chi connectivity index (χ0) is 74.1. The van der Waals surface area contributed by atoms with Crippen LogP contribution in [0, 0.1) is 0 Å². The number of nitrogens with one attached hydrogen (secondary N) is 8. The minimum atomic E-state index is -1.10. The minimum absolute atomic E-state index is 0.00338. The molecule has 8 bridgehead atoms. The summed E-state index contributed by atoms with van der Waals surface area (Å²) in [6.45, 7) is 4.07. The zero-order valence-corrected chi connectivity index (χ0v) is 59.0. The van der Waals surface area contributed by atoms with Gasteiger partial charge in [0.05, 0.1) is 50.7 Å². The number of rotatable bonds is 14. The number of carbonyl (C=O) groups is 10. The fraction of sp³-hybridized carbons (Fsp3) is 0.472. The van der Waals surface area contributed by atoms with Crippen molar-refractivity contribution in [2.24, 2.45) is 0 Å². The molecule has 2 saturated heterocycles. The van der Waals surface area contributed by atoms with Crippen molar-refractivity contribution in [3.8, 4) is 11.5 Å². The van der Waals surface area contributed by atoms with Gasteiger partial charge in [-0.25, -0.2) is 0 Å². The van der Waals surface area contributed by atoms with Crippen molar-refractivity contribution < 1.29 is 67.6 Å². The van der Waals surface area contributed by atoms with Crippen LogP contribution in [0.25, 0.3) is 0 Å². The van der Waals surface area contributed by atoms with E-state index in [2.05, 4.69) is 63.2 Å². The molecule has 0 spiro atoms. The summed E-state index contributed by atoms with van der Waals surface area (Å²) in [4.78, 5) is 144. The summed E-state index contributed by atoms with van der Waals surface area (Å²) in [5.41, 5.74) is 3.76. The number of amides is 8. The van der Waals surface area contributed by atoms with E-state index in [-0.39, 0.29) is 117 Å². The first-order valence-corrected chi connectivity index (χ1v) is 35.1. The molecular formula is C72H94N18O14. The van der Waals surface area contributed by atoms with Gasteiger partial charge in [0.2, 0.25) is 47.3 Å². The highest BCUT2D eigenvalue weighted by atomic mass is 16.5. The van der Waals surface area contributed by atoms with Crippen LogP contribution in [0.1, 0.15) is 73.2 Å². The number of ether oxygens (including phenoxy) is 2. The fourth-order valence-corrected chi connectivity index (χ4v) is 12.5. The molecule has 556 valence electrons. The molecule has 0 radical (unpaired) electrons. The summed E-state index contributed by atoms with van der Waals surface area (Å²) in [5, 5.41) is 60.0. The van der Waals surface area contributed by atoms with E-state index in [0.717, 1.165) is 11.1 Å². The topological polar surface area (TPSA) is 400 Å². The molecule has 32 nitrogen and oxygen atoms in total. The summed E-state index contributed by atoms with van der Waals surface area (Å²) >= 11 is 0. The van der Waals surface area contributed by atoms with E-state index in [0.29, 0.717) is 59.7 Å². The number of hydrogen-bond acceptors (Lipinski definition) is 20. The van der Waals surface area contributed by atoms with Crippen LogP contribution in [0.5, 0.6) is 11.5 Å². The summed E-state index contributed by atoms with van der Waals surface area (Å²) in [7, 11) is 3.24. The maximum atomic E-state index is 14.7. The van der Waals surface area contributed by atoms with E-state index in [1.165, 1.54) is 9.80 Å². The molecule has 0 saturated carbocycles. The van der Waals surface area contributed by atoms with Crippen LogP contribution in [-0.4, -0.2) is 247 Å². The number of hydrogen-bond donors (Lipinski definition) is 10. The summed E-state index contributed by atoms with van der Waals surface area (Å²) < 4.78 is 15.2. The molecule has 2 aromatic heterocycles. The van der Waals surface area contributed by atoms with Gasteiger partial charge in [0.15, 0.2) is 0 Å². The van der Waals surface area contributed by atoms with Crippen molar-refractivity contribution in [1.29, 1.82) is 0 Å². The second kappa shape index (κ2) is 38.5. The molecule has 12 rings (SSSR count). The third-order valence-corrected chi connectivity index (χ3v) is 18.5. The van der Waals surface area contributed by atoms with Crippen LogP contribution in [0.2, 0.25) is 0 Å². The lowest BCUT2D eigenvalue weighted by Crippen LogP contribution is -2.58. The molecule has 8 heterocycles. The molecule has 32 heteroatoms. The Morgan fingerprint density at radius 2 is 0.894 bits per heavy atom. The number of aliphatic carboxylic acids is 2. The Morgan fingerprint density at radius 3 is 1.26 bits per heavy atom. The van der Waals surface area contributed by atoms with Crippen molar-refractivity contribution >= 4 is 59.2 Å². The van der Waals surface area contributed by atoms with Gasteiger partial charge < -0.3 is 72.0 Å². The second-order valence-corrected chi connectivity index (χ2v) is 26.2. The first-order valence-electron chi connectivity index (χ1n) is 35.1. The van der Waals surface area contributed by atoms with Crippen LogP contribution in [0.15, 0.2) is 122 Å². The fourth-order valence-electron chi connectivity index (χ4n) is 12.5. The highest BCUT2D eigenvalue weighted by molar-refractivity contribution is 5.97. The Hall–Kier alpha value is -10.7. The highest BCUT2D eigenvalue weighted by Gasteiger charge is 2.41. The van der Waals surface area contributed by atoms with Gasteiger partial charge in [-0.1, -0.05) is 95.4 Å². The minimum Gasteiger partial charge on any atom is -0.487 e. The van der Waals surface area contributed by atoms with E-state index >= 15 is 0 Å². The van der Waals surface area contributed by atoms with E-state index in [4.69, 9.17) is 9.47 Å². The Bertz CT molecular complexity index is 3620. The highest BCUT2D eigenvalue weighted by Crippen LogP contribution is 2.25. The van der Waals surface area contributed by atoms with E-state index in [1.807, 2.05) is 60.7 Å². The quantitative estimate of drug-likeness (QED) is 0.0654. The smallest absolute Gasteiger partial charge is 0.317 e. The number of nitrogens with zero attached hydrogens (tertiary/aromatic N) is 10. The average molecular weight is 1440 g/mol. The van der Waals surface area contributed by atoms with Crippen LogP contribution in [0.3, 0.4) is 0 Å². The van der Waals surface area contributed by atoms with Gasteiger partial charge in [0, 0.05) is 78.0 Å². The zero-order valence-electron chi connectivity index (χ0n) is 59.0. The SMILES string of the molecule is CN[C@@H](C)C(=O)N[C@H]1Cc2ccc(cc2)OCc2cn(nn2)CCN(CC(=O)O)CCNC(=O)[C@H](Cc2ccccc2)NC(=O)[C@@H]2CCCN2C(=O)[C@@H](NC(=O)[C@H](C)NC)Cc2ccc(cc2)OCc2cn(nn2)CCN(CC(=O)O)CCNC(=O)[C@H](Cc2ccccc2)NC(=O)[C@@H]2CCCN2C1=O. The molecule has 0 unspecified atom stereocenters. The number of likely N-dealkylation sites (N-methyl/N-ethyl adjacent to an activating group) is 2. The number of carbonyl (C=O) groups excluding carboxylic acids is 8. The summed E-state index contributed by atoms with van der Waals surface area (Å²) in [5.74, 6) is -5.32. The molecule has 4 aromatic carbocycles. The normalized spacial score (nSPS) is 21.6. The van der Waals surface area contributed by atoms with Crippen LogP contribution < -0.4 is 52.0 Å².